The molecular formula is C18H26N2O2. The Morgan fingerprint density at radius 1 is 1.18 bits per heavy atom. The van der Waals surface area contributed by atoms with Crippen molar-refractivity contribution in [3.8, 4) is 0 Å². The Morgan fingerprint density at radius 2 is 1.77 bits per heavy atom. The largest absolute Gasteiger partial charge is 0.342 e. The first-order valence-electron chi connectivity index (χ1n) is 8.13. The third kappa shape index (κ3) is 4.58. The van der Waals surface area contributed by atoms with Crippen LogP contribution in [-0.2, 0) is 9.59 Å². The lowest BCUT2D eigenvalue weighted by atomic mass is 9.99. The minimum absolute atomic E-state index is 0.0665. The highest BCUT2D eigenvalue weighted by molar-refractivity contribution is 6.03. The van der Waals surface area contributed by atoms with Crippen molar-refractivity contribution in [1.29, 1.82) is 0 Å². The molecule has 1 aliphatic rings. The average molecular weight is 302 g/mol. The Hall–Kier alpha value is -1.84. The number of hydrogen-bond acceptors (Lipinski definition) is 2. The van der Waals surface area contributed by atoms with E-state index in [0.717, 1.165) is 31.6 Å². The molecule has 2 rings (SSSR count). The number of anilines is 1. The van der Waals surface area contributed by atoms with Crippen molar-refractivity contribution in [2.45, 2.75) is 46.0 Å². The highest BCUT2D eigenvalue weighted by Gasteiger charge is 2.22. The topological polar surface area (TPSA) is 49.4 Å². The summed E-state index contributed by atoms with van der Waals surface area (Å²) >= 11 is 0. The van der Waals surface area contributed by atoms with E-state index in [1.807, 2.05) is 24.3 Å². The van der Waals surface area contributed by atoms with E-state index in [-0.39, 0.29) is 18.2 Å². The molecule has 2 amide bonds. The predicted octanol–water partition coefficient (Wildman–Crippen LogP) is 3.40. The van der Waals surface area contributed by atoms with Crippen molar-refractivity contribution in [3.63, 3.8) is 0 Å². The summed E-state index contributed by atoms with van der Waals surface area (Å²) in [5.41, 5.74) is 1.98. The minimum Gasteiger partial charge on any atom is -0.342 e. The van der Waals surface area contributed by atoms with Crippen LogP contribution in [0.1, 0.15) is 51.5 Å². The monoisotopic (exact) mass is 302 g/mol. The standard InChI is InChI=1S/C18H26N2O2/c1-13(2)15-4-6-16(7-5-15)19-17(21)12-18(22)20-10-8-14(3)9-11-20/h4-7,13-14H,8-12H2,1-3H3,(H,19,21). The molecule has 1 aromatic rings. The van der Waals surface area contributed by atoms with E-state index in [0.29, 0.717) is 11.8 Å². The Balaban J connectivity index is 1.83. The number of nitrogens with one attached hydrogen (secondary N) is 1. The van der Waals surface area contributed by atoms with Gasteiger partial charge < -0.3 is 10.2 Å². The molecular weight excluding hydrogens is 276 g/mol. The van der Waals surface area contributed by atoms with Crippen molar-refractivity contribution >= 4 is 17.5 Å². The molecule has 1 aliphatic heterocycles. The van der Waals surface area contributed by atoms with E-state index in [4.69, 9.17) is 0 Å². The fourth-order valence-corrected chi connectivity index (χ4v) is 2.66. The van der Waals surface area contributed by atoms with Gasteiger partial charge in [-0.3, -0.25) is 9.59 Å². The van der Waals surface area contributed by atoms with Crippen LogP contribution in [-0.4, -0.2) is 29.8 Å². The highest BCUT2D eigenvalue weighted by atomic mass is 16.2. The van der Waals surface area contributed by atoms with Crippen molar-refractivity contribution in [2.75, 3.05) is 18.4 Å². The Kier molecular flexibility index (Phi) is 5.58. The van der Waals surface area contributed by atoms with Gasteiger partial charge in [0, 0.05) is 18.8 Å². The lowest BCUT2D eigenvalue weighted by Gasteiger charge is -2.30. The Labute approximate surface area is 132 Å². The second-order valence-electron chi connectivity index (χ2n) is 6.56. The Bertz CT molecular complexity index is 514. The van der Waals surface area contributed by atoms with Crippen LogP contribution in [0.25, 0.3) is 0 Å². The summed E-state index contributed by atoms with van der Waals surface area (Å²) in [7, 11) is 0. The number of hydrogen-bond donors (Lipinski definition) is 1. The van der Waals surface area contributed by atoms with E-state index in [9.17, 15) is 9.59 Å². The van der Waals surface area contributed by atoms with Gasteiger partial charge in [-0.15, -0.1) is 0 Å². The molecule has 0 unspecified atom stereocenters. The van der Waals surface area contributed by atoms with Crippen LogP contribution >= 0.6 is 0 Å². The number of nitrogens with zero attached hydrogens (tertiary/aromatic N) is 1. The molecule has 1 aromatic carbocycles. The van der Waals surface area contributed by atoms with E-state index in [1.165, 1.54) is 5.56 Å². The van der Waals surface area contributed by atoms with Gasteiger partial charge in [0.1, 0.15) is 6.42 Å². The summed E-state index contributed by atoms with van der Waals surface area (Å²) < 4.78 is 0. The molecule has 22 heavy (non-hydrogen) atoms. The van der Waals surface area contributed by atoms with Crippen LogP contribution in [0.15, 0.2) is 24.3 Å². The van der Waals surface area contributed by atoms with Gasteiger partial charge in [0.05, 0.1) is 0 Å². The minimum atomic E-state index is -0.235. The lowest BCUT2D eigenvalue weighted by molar-refractivity contribution is -0.135. The van der Waals surface area contributed by atoms with Gasteiger partial charge in [0.15, 0.2) is 0 Å². The fraction of sp³-hybridized carbons (Fsp3) is 0.556. The molecule has 120 valence electrons. The molecule has 4 nitrogen and oxygen atoms in total. The molecule has 1 fully saturated rings. The quantitative estimate of drug-likeness (QED) is 0.867. The van der Waals surface area contributed by atoms with Gasteiger partial charge in [0.2, 0.25) is 11.8 Å². The first kappa shape index (κ1) is 16.5. The number of carbonyl (C=O) groups is 2. The summed E-state index contributed by atoms with van der Waals surface area (Å²) in [6.45, 7) is 8.01. The SMILES string of the molecule is CC1CCN(C(=O)CC(=O)Nc2ccc(C(C)C)cc2)CC1. The highest BCUT2D eigenvalue weighted by Crippen LogP contribution is 2.18. The van der Waals surface area contributed by atoms with Crippen LogP contribution in [0.5, 0.6) is 0 Å². The summed E-state index contributed by atoms with van der Waals surface area (Å²) in [5.74, 6) is 0.842. The number of benzene rings is 1. The zero-order valence-corrected chi connectivity index (χ0v) is 13.8. The maximum absolute atomic E-state index is 12.1. The molecule has 0 radical (unpaired) electrons. The molecule has 1 N–H and O–H groups in total. The molecule has 0 bridgehead atoms. The molecule has 0 aliphatic carbocycles. The first-order chi connectivity index (χ1) is 10.5. The van der Waals surface area contributed by atoms with E-state index < -0.39 is 0 Å². The average Bonchev–Trinajstić information content (AvgIpc) is 2.48. The second-order valence-corrected chi connectivity index (χ2v) is 6.56. The first-order valence-corrected chi connectivity index (χ1v) is 8.13. The molecule has 0 spiro atoms. The third-order valence-electron chi connectivity index (χ3n) is 4.31. The van der Waals surface area contributed by atoms with Crippen molar-refractivity contribution in [1.82, 2.24) is 4.90 Å². The van der Waals surface area contributed by atoms with Crippen molar-refractivity contribution in [2.24, 2.45) is 5.92 Å². The van der Waals surface area contributed by atoms with Crippen LogP contribution in [0.2, 0.25) is 0 Å². The summed E-state index contributed by atoms with van der Waals surface area (Å²) in [4.78, 5) is 25.9. The number of likely N-dealkylation sites (tertiary alicyclic amines) is 1. The second kappa shape index (κ2) is 7.43. The number of carbonyl (C=O) groups excluding carboxylic acids is 2. The summed E-state index contributed by atoms with van der Waals surface area (Å²) in [6.07, 6.45) is 1.99. The van der Waals surface area contributed by atoms with E-state index in [2.05, 4.69) is 26.1 Å². The van der Waals surface area contributed by atoms with Crippen LogP contribution in [0.4, 0.5) is 5.69 Å². The summed E-state index contributed by atoms with van der Waals surface area (Å²) in [6, 6.07) is 7.79. The van der Waals surface area contributed by atoms with Gasteiger partial charge in [0.25, 0.3) is 0 Å². The molecule has 1 saturated heterocycles. The number of piperidine rings is 1. The maximum atomic E-state index is 12.1. The van der Waals surface area contributed by atoms with Crippen LogP contribution in [0.3, 0.4) is 0 Å². The zero-order valence-electron chi connectivity index (χ0n) is 13.8. The van der Waals surface area contributed by atoms with E-state index >= 15 is 0 Å². The molecule has 0 atom stereocenters. The van der Waals surface area contributed by atoms with Crippen molar-refractivity contribution < 1.29 is 9.59 Å². The molecule has 0 saturated carbocycles. The predicted molar refractivity (Wildman–Crippen MR) is 88.8 cm³/mol. The van der Waals surface area contributed by atoms with E-state index in [1.54, 1.807) is 4.90 Å². The fourth-order valence-electron chi connectivity index (χ4n) is 2.66. The molecule has 4 heteroatoms. The van der Waals surface area contributed by atoms with Gasteiger partial charge in [-0.05, 0) is 42.4 Å². The Morgan fingerprint density at radius 3 is 2.32 bits per heavy atom. The summed E-state index contributed by atoms with van der Waals surface area (Å²) in [5, 5.41) is 2.80. The van der Waals surface area contributed by atoms with Crippen LogP contribution < -0.4 is 5.32 Å². The van der Waals surface area contributed by atoms with Crippen molar-refractivity contribution in [3.05, 3.63) is 29.8 Å². The normalized spacial score (nSPS) is 15.9. The van der Waals surface area contributed by atoms with Gasteiger partial charge in [-0.2, -0.15) is 0 Å². The molecule has 1 heterocycles. The maximum Gasteiger partial charge on any atom is 0.233 e. The van der Waals surface area contributed by atoms with Gasteiger partial charge in [-0.25, -0.2) is 0 Å². The number of rotatable bonds is 4. The van der Waals surface area contributed by atoms with Gasteiger partial charge in [-0.1, -0.05) is 32.9 Å². The molecule has 0 aromatic heterocycles. The van der Waals surface area contributed by atoms with Crippen LogP contribution in [0, 0.1) is 5.92 Å². The number of amides is 2. The smallest absolute Gasteiger partial charge is 0.233 e. The third-order valence-corrected chi connectivity index (χ3v) is 4.31. The zero-order chi connectivity index (χ0) is 16.1. The lowest BCUT2D eigenvalue weighted by Crippen LogP contribution is -2.39. The van der Waals surface area contributed by atoms with Gasteiger partial charge >= 0.3 is 0 Å².